The first kappa shape index (κ1) is 13.0. The van der Waals surface area contributed by atoms with Gasteiger partial charge in [-0.15, -0.1) is 0 Å². The Balaban J connectivity index is 2.89. The average Bonchev–Trinajstić information content (AvgIpc) is 2.32. The summed E-state index contributed by atoms with van der Waals surface area (Å²) in [5, 5.41) is 0. The molecule has 5 heteroatoms. The van der Waals surface area contributed by atoms with Crippen molar-refractivity contribution in [3.8, 4) is 11.3 Å². The topological polar surface area (TPSA) is 65.1 Å². The zero-order valence-electron chi connectivity index (χ0n) is 10.6. The Hall–Kier alpha value is -2.43. The van der Waals surface area contributed by atoms with Crippen LogP contribution in [0.15, 0.2) is 35.1 Å². The van der Waals surface area contributed by atoms with Crippen LogP contribution in [0.25, 0.3) is 11.3 Å². The van der Waals surface area contributed by atoms with E-state index in [1.54, 1.807) is 24.6 Å². The van der Waals surface area contributed by atoms with Crippen LogP contribution in [0.2, 0.25) is 0 Å². The fourth-order valence-electron chi connectivity index (χ4n) is 2.03. The molecule has 0 aliphatic rings. The lowest BCUT2D eigenvalue weighted by molar-refractivity contribution is 0.0999. The molecule has 0 fully saturated rings. The number of rotatable bonds is 2. The minimum absolute atomic E-state index is 0.126. The van der Waals surface area contributed by atoms with E-state index in [4.69, 9.17) is 5.73 Å². The molecule has 0 aliphatic carbocycles. The second-order valence-electron chi connectivity index (χ2n) is 4.31. The fourth-order valence-corrected chi connectivity index (χ4v) is 2.03. The summed E-state index contributed by atoms with van der Waals surface area (Å²) < 4.78 is 15.0. The first-order valence-corrected chi connectivity index (χ1v) is 5.68. The Labute approximate surface area is 109 Å². The molecule has 0 unspecified atom stereocenters. The normalized spacial score (nSPS) is 10.5. The third-order valence-electron chi connectivity index (χ3n) is 3.03. The molecule has 1 amide bonds. The maximum absolute atomic E-state index is 13.3. The fraction of sp³-hybridized carbons (Fsp3) is 0.143. The van der Waals surface area contributed by atoms with E-state index < -0.39 is 17.2 Å². The van der Waals surface area contributed by atoms with Crippen molar-refractivity contribution in [3.63, 3.8) is 0 Å². The summed E-state index contributed by atoms with van der Waals surface area (Å²) in [6, 6.07) is 7.04. The van der Waals surface area contributed by atoms with E-state index in [9.17, 15) is 14.0 Å². The van der Waals surface area contributed by atoms with E-state index >= 15 is 0 Å². The lowest BCUT2D eigenvalue weighted by Crippen LogP contribution is -2.26. The summed E-state index contributed by atoms with van der Waals surface area (Å²) in [6.07, 6.45) is 0. The van der Waals surface area contributed by atoms with Gasteiger partial charge in [0.1, 0.15) is 11.4 Å². The molecule has 0 radical (unpaired) electrons. The number of aromatic nitrogens is 1. The van der Waals surface area contributed by atoms with Gasteiger partial charge in [0.15, 0.2) is 5.43 Å². The summed E-state index contributed by atoms with van der Waals surface area (Å²) >= 11 is 0. The number of nitrogens with zero attached hydrogens (tertiary/aromatic N) is 1. The predicted molar refractivity (Wildman–Crippen MR) is 70.3 cm³/mol. The van der Waals surface area contributed by atoms with Gasteiger partial charge in [0.25, 0.3) is 5.91 Å². The summed E-state index contributed by atoms with van der Waals surface area (Å²) in [4.78, 5) is 23.4. The van der Waals surface area contributed by atoms with Crippen LogP contribution in [-0.2, 0) is 7.05 Å². The SMILES string of the molecule is Cc1cc(=O)c(C(N)=O)c(-c2cccc(F)c2)n1C. The predicted octanol–water partition coefficient (Wildman–Crippen LogP) is 1.60. The van der Waals surface area contributed by atoms with Crippen LogP contribution in [0.3, 0.4) is 0 Å². The number of hydrogen-bond acceptors (Lipinski definition) is 2. The number of primary amides is 1. The Morgan fingerprint density at radius 2 is 2.00 bits per heavy atom. The van der Waals surface area contributed by atoms with Crippen LogP contribution in [-0.4, -0.2) is 10.5 Å². The number of pyridine rings is 1. The van der Waals surface area contributed by atoms with Gasteiger partial charge in [0.2, 0.25) is 0 Å². The molecule has 19 heavy (non-hydrogen) atoms. The molecule has 1 aromatic heterocycles. The number of amides is 1. The molecule has 2 rings (SSSR count). The highest BCUT2D eigenvalue weighted by atomic mass is 19.1. The number of benzene rings is 1. The minimum atomic E-state index is -0.820. The van der Waals surface area contributed by atoms with Crippen molar-refractivity contribution >= 4 is 5.91 Å². The standard InChI is InChI=1S/C14H13FN2O2/c1-8-6-11(18)12(14(16)19)13(17(8)2)9-4-3-5-10(15)7-9/h3-7H,1-2H3,(H2,16,19). The number of nitrogens with two attached hydrogens (primary N) is 1. The van der Waals surface area contributed by atoms with Gasteiger partial charge in [-0.1, -0.05) is 12.1 Å². The average molecular weight is 260 g/mol. The maximum Gasteiger partial charge on any atom is 0.254 e. The molecule has 0 aliphatic heterocycles. The molecule has 1 aromatic carbocycles. The van der Waals surface area contributed by atoms with Crippen LogP contribution in [0.1, 0.15) is 16.1 Å². The Kier molecular flexibility index (Phi) is 3.21. The van der Waals surface area contributed by atoms with Crippen molar-refractivity contribution in [3.05, 3.63) is 57.6 Å². The van der Waals surface area contributed by atoms with Crippen LogP contribution in [0.4, 0.5) is 4.39 Å². The molecule has 0 saturated heterocycles. The van der Waals surface area contributed by atoms with Gasteiger partial charge in [-0.25, -0.2) is 4.39 Å². The van der Waals surface area contributed by atoms with Crippen molar-refractivity contribution in [2.24, 2.45) is 12.8 Å². The molecule has 2 aromatic rings. The first-order chi connectivity index (χ1) is 8.91. The van der Waals surface area contributed by atoms with Crippen molar-refractivity contribution in [2.45, 2.75) is 6.92 Å². The van der Waals surface area contributed by atoms with E-state index in [0.29, 0.717) is 17.0 Å². The van der Waals surface area contributed by atoms with Gasteiger partial charge in [0, 0.05) is 24.4 Å². The van der Waals surface area contributed by atoms with Gasteiger partial charge < -0.3 is 10.3 Å². The third-order valence-corrected chi connectivity index (χ3v) is 3.03. The Morgan fingerprint density at radius 1 is 1.32 bits per heavy atom. The van der Waals surface area contributed by atoms with Crippen molar-refractivity contribution in [2.75, 3.05) is 0 Å². The Morgan fingerprint density at radius 3 is 2.58 bits per heavy atom. The minimum Gasteiger partial charge on any atom is -0.365 e. The summed E-state index contributed by atoms with van der Waals surface area (Å²) in [5.41, 5.74) is 6.12. The van der Waals surface area contributed by atoms with Crippen LogP contribution >= 0.6 is 0 Å². The highest BCUT2D eigenvalue weighted by molar-refractivity contribution is 5.98. The summed E-state index contributed by atoms with van der Waals surface area (Å²) in [6.45, 7) is 1.73. The Bertz CT molecular complexity index is 720. The van der Waals surface area contributed by atoms with E-state index in [0.717, 1.165) is 0 Å². The van der Waals surface area contributed by atoms with Gasteiger partial charge in [-0.3, -0.25) is 9.59 Å². The van der Waals surface area contributed by atoms with Crippen molar-refractivity contribution in [1.82, 2.24) is 4.57 Å². The second kappa shape index (κ2) is 4.68. The largest absolute Gasteiger partial charge is 0.365 e. The van der Waals surface area contributed by atoms with E-state index in [1.807, 2.05) is 0 Å². The molecule has 0 atom stereocenters. The number of aryl methyl sites for hydroxylation is 1. The number of carbonyl (C=O) groups excluding carboxylic acids is 1. The van der Waals surface area contributed by atoms with Gasteiger partial charge in [-0.05, 0) is 19.1 Å². The second-order valence-corrected chi connectivity index (χ2v) is 4.31. The maximum atomic E-state index is 13.3. The number of carbonyl (C=O) groups is 1. The smallest absolute Gasteiger partial charge is 0.254 e. The van der Waals surface area contributed by atoms with E-state index in [1.165, 1.54) is 24.3 Å². The molecule has 98 valence electrons. The summed E-state index contributed by atoms with van der Waals surface area (Å²) in [5.74, 6) is -1.26. The number of hydrogen-bond donors (Lipinski definition) is 1. The lowest BCUT2D eigenvalue weighted by Gasteiger charge is -2.15. The molecule has 0 spiro atoms. The van der Waals surface area contributed by atoms with Gasteiger partial charge in [-0.2, -0.15) is 0 Å². The molecule has 0 bridgehead atoms. The van der Waals surface area contributed by atoms with Crippen LogP contribution in [0, 0.1) is 12.7 Å². The zero-order valence-corrected chi connectivity index (χ0v) is 10.6. The van der Waals surface area contributed by atoms with Crippen molar-refractivity contribution in [1.29, 1.82) is 0 Å². The zero-order chi connectivity index (χ0) is 14.2. The monoisotopic (exact) mass is 260 g/mol. The number of halogens is 1. The highest BCUT2D eigenvalue weighted by Crippen LogP contribution is 2.22. The summed E-state index contributed by atoms with van der Waals surface area (Å²) in [7, 11) is 1.70. The van der Waals surface area contributed by atoms with E-state index in [-0.39, 0.29) is 5.56 Å². The first-order valence-electron chi connectivity index (χ1n) is 5.68. The molecule has 4 nitrogen and oxygen atoms in total. The quantitative estimate of drug-likeness (QED) is 0.891. The van der Waals surface area contributed by atoms with E-state index in [2.05, 4.69) is 0 Å². The molecule has 2 N–H and O–H groups in total. The highest BCUT2D eigenvalue weighted by Gasteiger charge is 2.18. The molecular weight excluding hydrogens is 247 g/mol. The van der Waals surface area contributed by atoms with Crippen LogP contribution in [0.5, 0.6) is 0 Å². The van der Waals surface area contributed by atoms with Crippen LogP contribution < -0.4 is 11.2 Å². The van der Waals surface area contributed by atoms with Crippen molar-refractivity contribution < 1.29 is 9.18 Å². The lowest BCUT2D eigenvalue weighted by atomic mass is 10.0. The van der Waals surface area contributed by atoms with Gasteiger partial charge >= 0.3 is 0 Å². The molecular formula is C14H13FN2O2. The molecule has 0 saturated carbocycles. The molecule has 1 heterocycles. The van der Waals surface area contributed by atoms with Gasteiger partial charge in [0.05, 0.1) is 5.69 Å². The third kappa shape index (κ3) is 2.27.